The maximum Gasteiger partial charge on any atom is 0.191 e. The van der Waals surface area contributed by atoms with E-state index in [0.717, 1.165) is 75.5 Å². The van der Waals surface area contributed by atoms with Crippen LogP contribution in [0.4, 0.5) is 0 Å². The number of hydrogen-bond donors (Lipinski definition) is 2. The first-order chi connectivity index (χ1) is 12.7. The Kier molecular flexibility index (Phi) is 9.80. The van der Waals surface area contributed by atoms with Gasteiger partial charge in [0.2, 0.25) is 0 Å². The summed E-state index contributed by atoms with van der Waals surface area (Å²) < 4.78 is 13.1. The van der Waals surface area contributed by atoms with Gasteiger partial charge in [0.05, 0.1) is 12.7 Å². The van der Waals surface area contributed by atoms with Crippen molar-refractivity contribution in [3.05, 3.63) is 11.6 Å². The van der Waals surface area contributed by atoms with E-state index < -0.39 is 0 Å². The van der Waals surface area contributed by atoms with Crippen molar-refractivity contribution in [1.82, 2.24) is 25.4 Å². The van der Waals surface area contributed by atoms with Gasteiger partial charge < -0.3 is 24.7 Å². The molecule has 26 heavy (non-hydrogen) atoms. The number of rotatable bonds is 11. The molecular formula is C17H32N6O2S. The molecule has 1 aliphatic rings. The Hall–Kier alpha value is -1.32. The highest BCUT2D eigenvalue weighted by Gasteiger charge is 2.15. The lowest BCUT2D eigenvalue weighted by Crippen LogP contribution is -2.39. The number of ether oxygens (including phenoxy) is 2. The molecule has 2 rings (SSSR count). The van der Waals surface area contributed by atoms with Crippen molar-refractivity contribution in [1.29, 1.82) is 0 Å². The number of guanidine groups is 1. The molecule has 1 aromatic rings. The Bertz CT molecular complexity index is 545. The lowest BCUT2D eigenvalue weighted by Gasteiger charge is -2.13. The van der Waals surface area contributed by atoms with Crippen LogP contribution in [0.15, 0.2) is 4.99 Å². The Labute approximate surface area is 160 Å². The minimum absolute atomic E-state index is 0.270. The molecule has 0 amide bonds. The maximum absolute atomic E-state index is 5.80. The summed E-state index contributed by atoms with van der Waals surface area (Å²) in [5, 5.41) is 15.0. The van der Waals surface area contributed by atoms with Crippen molar-refractivity contribution in [2.75, 3.05) is 44.9 Å². The molecular weight excluding hydrogens is 352 g/mol. The molecule has 1 unspecified atom stereocenters. The normalized spacial score (nSPS) is 17.7. The van der Waals surface area contributed by atoms with Crippen molar-refractivity contribution < 1.29 is 9.47 Å². The molecule has 1 saturated heterocycles. The number of hydrogen-bond acceptors (Lipinski definition) is 6. The zero-order valence-corrected chi connectivity index (χ0v) is 17.0. The highest BCUT2D eigenvalue weighted by molar-refractivity contribution is 7.98. The van der Waals surface area contributed by atoms with Crippen LogP contribution in [0.25, 0.3) is 0 Å². The first-order valence-electron chi connectivity index (χ1n) is 9.26. The minimum Gasteiger partial charge on any atom is -0.379 e. The largest absolute Gasteiger partial charge is 0.379 e. The van der Waals surface area contributed by atoms with Gasteiger partial charge in [0.15, 0.2) is 11.8 Å². The lowest BCUT2D eigenvalue weighted by molar-refractivity contribution is 0.0420. The lowest BCUT2D eigenvalue weighted by atomic mass is 10.3. The molecule has 0 spiro atoms. The molecule has 2 N–H and O–H groups in total. The summed E-state index contributed by atoms with van der Waals surface area (Å²) in [4.78, 5) is 4.64. The quantitative estimate of drug-likeness (QED) is 0.336. The molecule has 0 aliphatic carbocycles. The average Bonchev–Trinajstić information content (AvgIpc) is 3.27. The van der Waals surface area contributed by atoms with Crippen LogP contribution in [0, 0.1) is 6.92 Å². The molecule has 0 radical (unpaired) electrons. The van der Waals surface area contributed by atoms with E-state index in [1.54, 1.807) is 0 Å². The molecule has 8 nitrogen and oxygen atoms in total. The molecule has 1 aromatic heterocycles. The van der Waals surface area contributed by atoms with E-state index in [1.165, 1.54) is 0 Å². The van der Waals surface area contributed by atoms with Crippen LogP contribution in [-0.4, -0.2) is 71.7 Å². The van der Waals surface area contributed by atoms with Gasteiger partial charge in [0.1, 0.15) is 12.4 Å². The van der Waals surface area contributed by atoms with Gasteiger partial charge in [-0.25, -0.2) is 4.99 Å². The molecule has 2 heterocycles. The summed E-state index contributed by atoms with van der Waals surface area (Å²) in [5.74, 6) is 3.71. The molecule has 9 heteroatoms. The monoisotopic (exact) mass is 384 g/mol. The zero-order valence-electron chi connectivity index (χ0n) is 16.2. The predicted molar refractivity (Wildman–Crippen MR) is 106 cm³/mol. The first kappa shape index (κ1) is 21.0. The van der Waals surface area contributed by atoms with Crippen molar-refractivity contribution in [3.8, 4) is 0 Å². The molecule has 148 valence electrons. The summed E-state index contributed by atoms with van der Waals surface area (Å²) in [6.07, 6.45) is 5.45. The van der Waals surface area contributed by atoms with E-state index in [2.05, 4.69) is 32.1 Å². The van der Waals surface area contributed by atoms with Crippen LogP contribution in [0.5, 0.6) is 0 Å². The van der Waals surface area contributed by atoms with Crippen molar-refractivity contribution in [3.63, 3.8) is 0 Å². The van der Waals surface area contributed by atoms with Crippen LogP contribution in [0.1, 0.15) is 30.9 Å². The standard InChI is InChI=1S/C17H32N6O2S/c1-14-21-22-16(23(14)2)12-20-17(19-8-5-11-26-3)18-7-4-9-25-15-6-10-24-13-15/h15H,4-13H2,1-3H3,(H2,18,19,20). The summed E-state index contributed by atoms with van der Waals surface area (Å²) in [6.45, 7) is 6.46. The molecule has 1 fully saturated rings. The molecule has 0 saturated carbocycles. The summed E-state index contributed by atoms with van der Waals surface area (Å²) in [6, 6.07) is 0. The summed E-state index contributed by atoms with van der Waals surface area (Å²) in [7, 11) is 1.96. The predicted octanol–water partition coefficient (Wildman–Crippen LogP) is 1.11. The summed E-state index contributed by atoms with van der Waals surface area (Å²) in [5.41, 5.74) is 0. The van der Waals surface area contributed by atoms with E-state index in [1.807, 2.05) is 30.3 Å². The SMILES string of the molecule is CSCCCNC(=NCc1nnc(C)n1C)NCCCOC1CCOC1. The number of aliphatic imine (C=N–C) groups is 1. The van der Waals surface area contributed by atoms with Crippen molar-refractivity contribution in [2.45, 2.75) is 38.8 Å². The molecule has 1 aliphatic heterocycles. The van der Waals surface area contributed by atoms with Gasteiger partial charge in [-0.1, -0.05) is 0 Å². The van der Waals surface area contributed by atoms with E-state index >= 15 is 0 Å². The fourth-order valence-electron chi connectivity index (χ4n) is 2.51. The van der Waals surface area contributed by atoms with Crippen LogP contribution < -0.4 is 10.6 Å². The molecule has 0 aromatic carbocycles. The van der Waals surface area contributed by atoms with E-state index in [0.29, 0.717) is 6.54 Å². The number of nitrogens with one attached hydrogen (secondary N) is 2. The van der Waals surface area contributed by atoms with Crippen molar-refractivity contribution >= 4 is 17.7 Å². The third kappa shape index (κ3) is 7.51. The first-order valence-corrected chi connectivity index (χ1v) is 10.7. The Morgan fingerprint density at radius 1 is 1.35 bits per heavy atom. The second kappa shape index (κ2) is 12.1. The smallest absolute Gasteiger partial charge is 0.191 e. The Morgan fingerprint density at radius 3 is 2.81 bits per heavy atom. The minimum atomic E-state index is 0.270. The van der Waals surface area contributed by atoms with Gasteiger partial charge in [-0.15, -0.1) is 10.2 Å². The second-order valence-corrected chi connectivity index (χ2v) is 7.28. The van der Waals surface area contributed by atoms with Gasteiger partial charge in [0, 0.05) is 33.4 Å². The second-order valence-electron chi connectivity index (χ2n) is 6.30. The number of aryl methyl sites for hydroxylation is 1. The van der Waals surface area contributed by atoms with Gasteiger partial charge in [-0.2, -0.15) is 11.8 Å². The Morgan fingerprint density at radius 2 is 2.15 bits per heavy atom. The number of aromatic nitrogens is 3. The summed E-state index contributed by atoms with van der Waals surface area (Å²) >= 11 is 1.86. The van der Waals surface area contributed by atoms with Gasteiger partial charge in [0.25, 0.3) is 0 Å². The third-order valence-electron chi connectivity index (χ3n) is 4.23. The fraction of sp³-hybridized carbons (Fsp3) is 0.824. The van der Waals surface area contributed by atoms with Gasteiger partial charge >= 0.3 is 0 Å². The maximum atomic E-state index is 5.80. The average molecular weight is 385 g/mol. The van der Waals surface area contributed by atoms with Crippen LogP contribution >= 0.6 is 11.8 Å². The van der Waals surface area contributed by atoms with Gasteiger partial charge in [-0.3, -0.25) is 0 Å². The van der Waals surface area contributed by atoms with Crippen molar-refractivity contribution in [2.24, 2.45) is 12.0 Å². The highest BCUT2D eigenvalue weighted by Crippen LogP contribution is 2.07. The fourth-order valence-corrected chi connectivity index (χ4v) is 2.94. The zero-order chi connectivity index (χ0) is 18.6. The highest BCUT2D eigenvalue weighted by atomic mass is 32.2. The van der Waals surface area contributed by atoms with Crippen LogP contribution in [-0.2, 0) is 23.1 Å². The van der Waals surface area contributed by atoms with E-state index in [-0.39, 0.29) is 6.10 Å². The third-order valence-corrected chi connectivity index (χ3v) is 4.93. The van der Waals surface area contributed by atoms with E-state index in [4.69, 9.17) is 9.47 Å². The molecule has 0 bridgehead atoms. The topological polar surface area (TPSA) is 85.6 Å². The number of nitrogens with zero attached hydrogens (tertiary/aromatic N) is 4. The van der Waals surface area contributed by atoms with E-state index in [9.17, 15) is 0 Å². The van der Waals surface area contributed by atoms with Crippen LogP contribution in [0.2, 0.25) is 0 Å². The van der Waals surface area contributed by atoms with Gasteiger partial charge in [-0.05, 0) is 38.2 Å². The molecule has 1 atom stereocenters. The van der Waals surface area contributed by atoms with Crippen LogP contribution in [0.3, 0.4) is 0 Å². The Balaban J connectivity index is 1.74. The number of thioether (sulfide) groups is 1.